The molecule has 2 aliphatic carbocycles. The van der Waals surface area contributed by atoms with Crippen molar-refractivity contribution in [2.45, 2.75) is 35.8 Å². The molecule has 3 nitrogen and oxygen atoms in total. The van der Waals surface area contributed by atoms with Crippen LogP contribution in [0.25, 0.3) is 0 Å². The molecule has 2 aliphatic heterocycles. The summed E-state index contributed by atoms with van der Waals surface area (Å²) in [7, 11) is 3.97. The minimum Gasteiger partial charge on any atom is -0.493 e. The van der Waals surface area contributed by atoms with Crippen LogP contribution in [0.15, 0.2) is 24.3 Å². The van der Waals surface area contributed by atoms with E-state index < -0.39 is 0 Å². The Bertz CT molecular complexity index is 688. The SMILES string of the molecule is COc1ccc2c3c1O[C@@H]1[C@H](Cl)C=C[C@@H]4[C@@H](C2)N(C)CC[C@@]341. The van der Waals surface area contributed by atoms with Gasteiger partial charge in [0.25, 0.3) is 0 Å². The van der Waals surface area contributed by atoms with Crippen molar-refractivity contribution in [2.75, 3.05) is 20.7 Å². The maximum atomic E-state index is 6.66. The molecule has 1 fully saturated rings. The number of benzene rings is 1. The van der Waals surface area contributed by atoms with Crippen LogP contribution in [0.5, 0.6) is 11.5 Å². The van der Waals surface area contributed by atoms with Crippen molar-refractivity contribution in [3.05, 3.63) is 35.4 Å². The van der Waals surface area contributed by atoms with Crippen molar-refractivity contribution in [1.82, 2.24) is 4.90 Å². The smallest absolute Gasteiger partial charge is 0.165 e. The second-order valence-electron chi connectivity index (χ2n) is 7.07. The predicted molar refractivity (Wildman–Crippen MR) is 86.1 cm³/mol. The van der Waals surface area contributed by atoms with E-state index in [2.05, 4.69) is 36.2 Å². The molecule has 0 radical (unpaired) electrons. The molecule has 22 heavy (non-hydrogen) atoms. The molecule has 0 unspecified atom stereocenters. The van der Waals surface area contributed by atoms with Gasteiger partial charge >= 0.3 is 0 Å². The number of hydrogen-bond acceptors (Lipinski definition) is 3. The zero-order valence-electron chi connectivity index (χ0n) is 12.9. The number of alkyl halides is 1. The van der Waals surface area contributed by atoms with E-state index >= 15 is 0 Å². The Hall–Kier alpha value is -1.19. The summed E-state index contributed by atoms with van der Waals surface area (Å²) in [5.41, 5.74) is 2.85. The lowest BCUT2D eigenvalue weighted by atomic mass is 9.53. The van der Waals surface area contributed by atoms with Crippen molar-refractivity contribution in [3.8, 4) is 11.5 Å². The fourth-order valence-corrected chi connectivity index (χ4v) is 5.72. The zero-order valence-corrected chi connectivity index (χ0v) is 13.6. The predicted octanol–water partition coefficient (Wildman–Crippen LogP) is 2.75. The molecule has 0 N–H and O–H groups in total. The van der Waals surface area contributed by atoms with Crippen molar-refractivity contribution < 1.29 is 9.47 Å². The highest BCUT2D eigenvalue weighted by Crippen LogP contribution is 2.62. The number of methoxy groups -OCH3 is 1. The molecule has 1 aromatic carbocycles. The molecule has 5 atom stereocenters. The number of halogens is 1. The lowest BCUT2D eigenvalue weighted by molar-refractivity contribution is 0.00341. The van der Waals surface area contributed by atoms with Crippen LogP contribution in [-0.4, -0.2) is 43.1 Å². The Morgan fingerprint density at radius 3 is 3.05 bits per heavy atom. The first-order chi connectivity index (χ1) is 10.7. The average molecular weight is 318 g/mol. The third kappa shape index (κ3) is 1.34. The number of hydrogen-bond donors (Lipinski definition) is 0. The number of piperidine rings is 1. The van der Waals surface area contributed by atoms with Gasteiger partial charge in [-0.1, -0.05) is 18.2 Å². The standard InChI is InChI=1S/C18H20ClNO2/c1-20-8-7-18-11-4-5-12(19)17(18)22-16-14(21-2)6-3-10(15(16)18)9-13(11)20/h3-6,11-13,17H,7-9H2,1-2H3/t11-,12-,13-,17-,18+/m1/s1. The van der Waals surface area contributed by atoms with Crippen molar-refractivity contribution in [1.29, 1.82) is 0 Å². The largest absolute Gasteiger partial charge is 0.493 e. The number of ether oxygens (including phenoxy) is 2. The summed E-state index contributed by atoms with van der Waals surface area (Å²) < 4.78 is 12.0. The van der Waals surface area contributed by atoms with Crippen LogP contribution >= 0.6 is 11.6 Å². The zero-order chi connectivity index (χ0) is 15.1. The fourth-order valence-electron chi connectivity index (χ4n) is 5.36. The first-order valence-corrected chi connectivity index (χ1v) is 8.50. The van der Waals surface area contributed by atoms with E-state index in [-0.39, 0.29) is 16.9 Å². The van der Waals surface area contributed by atoms with Crippen molar-refractivity contribution in [2.24, 2.45) is 5.92 Å². The maximum Gasteiger partial charge on any atom is 0.165 e. The summed E-state index contributed by atoms with van der Waals surface area (Å²) in [5.74, 6) is 2.29. The third-order valence-corrected chi connectivity index (χ3v) is 6.69. The van der Waals surface area contributed by atoms with Gasteiger partial charge in [0.2, 0.25) is 0 Å². The second-order valence-corrected chi connectivity index (χ2v) is 7.57. The van der Waals surface area contributed by atoms with Crippen LogP contribution in [-0.2, 0) is 11.8 Å². The Balaban J connectivity index is 1.82. The van der Waals surface area contributed by atoms with Gasteiger partial charge in [0.05, 0.1) is 12.5 Å². The van der Waals surface area contributed by atoms with E-state index in [0.29, 0.717) is 12.0 Å². The molecule has 0 amide bonds. The number of likely N-dealkylation sites (N-methyl/N-ethyl adjacent to an activating group) is 1. The van der Waals surface area contributed by atoms with E-state index in [1.54, 1.807) is 7.11 Å². The van der Waals surface area contributed by atoms with Gasteiger partial charge in [-0.2, -0.15) is 0 Å². The molecular weight excluding hydrogens is 298 g/mol. The highest BCUT2D eigenvalue weighted by Gasteiger charge is 2.64. The van der Waals surface area contributed by atoms with Crippen molar-refractivity contribution in [3.63, 3.8) is 0 Å². The van der Waals surface area contributed by atoms with Gasteiger partial charge < -0.3 is 14.4 Å². The van der Waals surface area contributed by atoms with Gasteiger partial charge in [-0.15, -0.1) is 11.6 Å². The Morgan fingerprint density at radius 1 is 1.36 bits per heavy atom. The Morgan fingerprint density at radius 2 is 2.23 bits per heavy atom. The summed E-state index contributed by atoms with van der Waals surface area (Å²) >= 11 is 6.66. The maximum absolute atomic E-state index is 6.66. The minimum absolute atomic E-state index is 0.0331. The number of nitrogens with zero attached hydrogens (tertiary/aromatic N) is 1. The lowest BCUT2D eigenvalue weighted by Crippen LogP contribution is -2.64. The normalized spacial score (nSPS) is 41.0. The lowest BCUT2D eigenvalue weighted by Gasteiger charge is -2.56. The van der Waals surface area contributed by atoms with Crippen LogP contribution in [0.3, 0.4) is 0 Å². The summed E-state index contributed by atoms with van der Waals surface area (Å²) in [6.07, 6.45) is 6.73. The number of rotatable bonds is 1. The van der Waals surface area contributed by atoms with Gasteiger partial charge in [0.1, 0.15) is 6.10 Å². The van der Waals surface area contributed by atoms with Crippen LogP contribution in [0.2, 0.25) is 0 Å². The molecule has 4 heteroatoms. The van der Waals surface area contributed by atoms with E-state index in [4.69, 9.17) is 21.1 Å². The quantitative estimate of drug-likeness (QED) is 0.587. The molecule has 4 aliphatic rings. The van der Waals surface area contributed by atoms with E-state index in [1.165, 1.54) is 11.1 Å². The van der Waals surface area contributed by atoms with Gasteiger partial charge in [-0.3, -0.25) is 0 Å². The average Bonchev–Trinajstić information content (AvgIpc) is 2.88. The van der Waals surface area contributed by atoms with Gasteiger partial charge in [-0.25, -0.2) is 0 Å². The van der Waals surface area contributed by atoms with Crippen molar-refractivity contribution >= 4 is 11.6 Å². The highest BCUT2D eigenvalue weighted by molar-refractivity contribution is 6.22. The summed E-state index contributed by atoms with van der Waals surface area (Å²) in [6.45, 7) is 1.11. The van der Waals surface area contributed by atoms with E-state index in [0.717, 1.165) is 30.9 Å². The Kier molecular flexibility index (Phi) is 2.54. The molecule has 116 valence electrons. The summed E-state index contributed by atoms with van der Waals surface area (Å²) in [6, 6.07) is 4.83. The molecule has 5 rings (SSSR count). The molecule has 1 aromatic rings. The van der Waals surface area contributed by atoms with Gasteiger partial charge in [0, 0.05) is 22.9 Å². The highest BCUT2D eigenvalue weighted by atomic mass is 35.5. The summed E-state index contributed by atoms with van der Waals surface area (Å²) in [5, 5.41) is -0.0663. The van der Waals surface area contributed by atoms with Crippen LogP contribution in [0.1, 0.15) is 17.5 Å². The fraction of sp³-hybridized carbons (Fsp3) is 0.556. The molecule has 1 spiro atoms. The van der Waals surface area contributed by atoms with E-state index in [9.17, 15) is 0 Å². The monoisotopic (exact) mass is 317 g/mol. The second kappa shape index (κ2) is 4.21. The minimum atomic E-state index is -0.0663. The van der Waals surface area contributed by atoms with Gasteiger partial charge in [0.15, 0.2) is 11.5 Å². The van der Waals surface area contributed by atoms with E-state index in [1.807, 2.05) is 0 Å². The molecular formula is C18H20ClNO2. The van der Waals surface area contributed by atoms with Crippen LogP contribution in [0, 0.1) is 5.92 Å². The molecule has 0 saturated carbocycles. The Labute approximate surface area is 135 Å². The number of likely N-dealkylation sites (tertiary alicyclic amines) is 1. The molecule has 2 bridgehead atoms. The van der Waals surface area contributed by atoms with Crippen LogP contribution in [0.4, 0.5) is 0 Å². The third-order valence-electron chi connectivity index (χ3n) is 6.32. The first-order valence-electron chi connectivity index (χ1n) is 8.06. The first kappa shape index (κ1) is 13.3. The topological polar surface area (TPSA) is 21.7 Å². The molecule has 1 saturated heterocycles. The van der Waals surface area contributed by atoms with Crippen LogP contribution < -0.4 is 9.47 Å². The molecule has 0 aromatic heterocycles. The summed E-state index contributed by atoms with van der Waals surface area (Å²) in [4.78, 5) is 2.51. The van der Waals surface area contributed by atoms with Gasteiger partial charge in [-0.05, 0) is 38.1 Å². The molecule has 2 heterocycles.